The highest BCUT2D eigenvalue weighted by molar-refractivity contribution is 6.33. The number of benzene rings is 5. The Kier molecular flexibility index (Phi) is 24.1. The number of allylic oxidation sites excluding steroid dienone is 2. The number of hydrogen-bond acceptors (Lipinski definition) is 16. The maximum absolute atomic E-state index is 10.5. The molecule has 5 aliphatic heterocycles. The van der Waals surface area contributed by atoms with Gasteiger partial charge in [0, 0.05) is 109 Å². The van der Waals surface area contributed by atoms with E-state index in [9.17, 15) is 15.6 Å². The van der Waals surface area contributed by atoms with Crippen molar-refractivity contribution in [3.05, 3.63) is 262 Å². The average molecular weight is 1440 g/mol. The van der Waals surface area contributed by atoms with Crippen molar-refractivity contribution < 1.29 is 15.6 Å². The number of alkyl halides is 1. The number of amidine groups is 3. The van der Waals surface area contributed by atoms with Crippen molar-refractivity contribution in [2.75, 3.05) is 59.0 Å². The highest BCUT2D eigenvalue weighted by Gasteiger charge is 2.28. The molecule has 0 saturated heterocycles. The summed E-state index contributed by atoms with van der Waals surface area (Å²) in [4.78, 5) is 52.1. The third kappa shape index (κ3) is 16.5. The normalized spacial score (nSPS) is 16.5. The molecule has 5 aromatic carbocycles. The number of benzodiazepines with no additional fused rings is 1. The number of aromatic nitrogens is 6. The molecule has 98 heavy (non-hydrogen) atoms. The predicted octanol–water partition coefficient (Wildman–Crippen LogP) is 12.1. The molecule has 0 amide bonds. The van der Waals surface area contributed by atoms with Crippen LogP contribution in [0.15, 0.2) is 217 Å². The number of likely N-dealkylation sites (N-methyl/N-ethyl adjacent to an activating group) is 1. The lowest BCUT2D eigenvalue weighted by atomic mass is 10.1. The molecule has 0 radical (unpaired) electrons. The first-order valence-corrected chi connectivity index (χ1v) is 32.5. The molecule has 28 heteroatoms. The lowest BCUT2D eigenvalue weighted by Crippen LogP contribution is -2.48. The summed E-state index contributed by atoms with van der Waals surface area (Å²) in [7, 11) is 7.12. The van der Waals surface area contributed by atoms with E-state index in [1.807, 2.05) is 136 Å². The SMILES string of the molecule is C.CN=C1CN(O)C(c2ccc[nH]2)=c2cc(Cl)ccc2=N1.CN=C1CN=C(c2ccc[nH]2)c2cc(Cl)ccc2N1.CNCC1N=c2ccc(Cl)cc2=C(c2ccc[nH]2)N1O.CNCc1nc(-c2ccc[nH]2)c2cc(Cl)ccc2n1.ON1C(CCl)=Nc2ccc(Cl)cc2C1=C1C=CC=N1. The Balaban J connectivity index is 0.000000132. The Morgan fingerprint density at radius 2 is 1.22 bits per heavy atom. The van der Waals surface area contributed by atoms with Gasteiger partial charge in [0.1, 0.15) is 35.6 Å². The van der Waals surface area contributed by atoms with Gasteiger partial charge in [0.05, 0.1) is 92.2 Å². The first kappa shape index (κ1) is 71.2. The van der Waals surface area contributed by atoms with E-state index >= 15 is 0 Å². The van der Waals surface area contributed by atoms with E-state index in [0.717, 1.165) is 105 Å². The summed E-state index contributed by atoms with van der Waals surface area (Å²) in [5.74, 6) is 2.61. The second kappa shape index (κ2) is 33.1. The van der Waals surface area contributed by atoms with Crippen LogP contribution in [0.2, 0.25) is 25.1 Å². The third-order valence-electron chi connectivity index (χ3n) is 15.1. The van der Waals surface area contributed by atoms with Crippen molar-refractivity contribution in [1.29, 1.82) is 0 Å². The van der Waals surface area contributed by atoms with Crippen LogP contribution in [0.25, 0.3) is 39.4 Å². The van der Waals surface area contributed by atoms with Gasteiger partial charge >= 0.3 is 0 Å². The maximum Gasteiger partial charge on any atom is 0.158 e. The number of nitrogens with zero attached hydrogens (tertiary/aromatic N) is 12. The number of fused-ring (bicyclic) bond motifs is 5. The highest BCUT2D eigenvalue weighted by Crippen LogP contribution is 2.38. The molecule has 0 spiro atoms. The fourth-order valence-electron chi connectivity index (χ4n) is 10.7. The molecule has 0 saturated carbocycles. The van der Waals surface area contributed by atoms with Gasteiger partial charge in [-0.1, -0.05) is 65.4 Å². The van der Waals surface area contributed by atoms with Gasteiger partial charge in [-0.3, -0.25) is 40.6 Å². The van der Waals surface area contributed by atoms with Crippen molar-refractivity contribution in [3.63, 3.8) is 0 Å². The first-order valence-electron chi connectivity index (χ1n) is 30.1. The van der Waals surface area contributed by atoms with Crippen LogP contribution in [-0.2, 0) is 6.54 Å². The zero-order valence-electron chi connectivity index (χ0n) is 52.4. The largest absolute Gasteiger partial charge is 0.360 e. The molecule has 1 unspecified atom stereocenters. The van der Waals surface area contributed by atoms with E-state index in [-0.39, 0.29) is 26.0 Å². The van der Waals surface area contributed by atoms with Gasteiger partial charge in [-0.25, -0.2) is 35.1 Å². The number of rotatable bonds is 9. The van der Waals surface area contributed by atoms with E-state index in [1.54, 1.807) is 75.1 Å². The van der Waals surface area contributed by atoms with Crippen LogP contribution in [0, 0.1) is 0 Å². The summed E-state index contributed by atoms with van der Waals surface area (Å²) in [5.41, 5.74) is 12.1. The van der Waals surface area contributed by atoms with E-state index < -0.39 is 0 Å². The van der Waals surface area contributed by atoms with Crippen molar-refractivity contribution in [2.45, 2.75) is 20.1 Å². The number of hydrogen-bond donors (Lipinski definition) is 10. The predicted molar refractivity (Wildman–Crippen MR) is 395 cm³/mol. The Morgan fingerprint density at radius 1 is 0.622 bits per heavy atom. The quantitative estimate of drug-likeness (QED) is 0.0607. The zero-order valence-corrected chi connectivity index (χ0v) is 56.9. The molecule has 10 heterocycles. The first-order chi connectivity index (χ1) is 47.1. The molecule has 0 fully saturated rings. The molecule has 15 rings (SSSR count). The van der Waals surface area contributed by atoms with Crippen LogP contribution in [0.5, 0.6) is 0 Å². The van der Waals surface area contributed by atoms with Crippen LogP contribution in [0.1, 0.15) is 41.5 Å². The standard InChI is InChI=1S/C14H13ClN4O.C14H15ClN4O.2C14H13ClN4.C13H9Cl2N3O.CH4/c1-16-13-8-19(20)14(12-3-2-6-17-12)10-7-9(15)4-5-11(10)18-13;1-16-8-13-18-11-5-4-9(15)7-10(11)14(19(13)20)12-3-2-6-17-12;1-16-13-8-18-14(12-3-2-6-17-12)10-7-9(15)4-5-11(10)19-13;1-16-8-13-18-11-5-4-9(15)7-10(11)14(19-13)12-3-2-6-17-12;14-7-12-17-10-4-3-8(15)6-9(10)13(18(12)19)11-2-1-5-16-11;/h2-7,17,20H,8H2,1H3;2-7,13,16-17,20H,8H2,1H3;2-7,17H,8H2,1H3,(H,16,19);2-7,16-17H,8H2,1H3;1-6,19H,7H2;1H4. The van der Waals surface area contributed by atoms with Crippen LogP contribution in [0.3, 0.4) is 0 Å². The van der Waals surface area contributed by atoms with Crippen LogP contribution in [0.4, 0.5) is 11.4 Å². The van der Waals surface area contributed by atoms with Gasteiger partial charge in [0.2, 0.25) is 0 Å². The highest BCUT2D eigenvalue weighted by atomic mass is 35.5. The number of H-pyrrole nitrogens is 4. The number of hydroxylamine groups is 6. The third-order valence-corrected chi connectivity index (χ3v) is 16.5. The van der Waals surface area contributed by atoms with E-state index in [2.05, 4.69) is 80.8 Å². The van der Waals surface area contributed by atoms with Crippen LogP contribution < -0.4 is 37.1 Å². The molecule has 22 nitrogen and oxygen atoms in total. The minimum absolute atomic E-state index is 0. The molecule has 10 aromatic rings. The summed E-state index contributed by atoms with van der Waals surface area (Å²) < 4.78 is 0. The van der Waals surface area contributed by atoms with Gasteiger partial charge in [-0.2, -0.15) is 0 Å². The van der Waals surface area contributed by atoms with Gasteiger partial charge < -0.3 is 35.9 Å². The average Bonchev–Trinajstić information content (AvgIpc) is 1.14. The lowest BCUT2D eigenvalue weighted by molar-refractivity contribution is -0.0661. The molecule has 502 valence electrons. The summed E-state index contributed by atoms with van der Waals surface area (Å²) in [5, 5.41) is 51.0. The van der Waals surface area contributed by atoms with Crippen molar-refractivity contribution in [1.82, 2.24) is 55.7 Å². The minimum atomic E-state index is -0.369. The summed E-state index contributed by atoms with van der Waals surface area (Å²) in [6.45, 7) is 1.92. The van der Waals surface area contributed by atoms with Crippen molar-refractivity contribution in [2.24, 2.45) is 34.9 Å². The Labute approximate surface area is 593 Å². The van der Waals surface area contributed by atoms with Gasteiger partial charge in [-0.15, -0.1) is 11.6 Å². The summed E-state index contributed by atoms with van der Waals surface area (Å²) >= 11 is 36.1. The van der Waals surface area contributed by atoms with Crippen molar-refractivity contribution in [3.8, 4) is 11.4 Å². The molecular formula is C70H67Cl6N19O3. The molecule has 5 aliphatic rings. The molecule has 0 aliphatic carbocycles. The summed E-state index contributed by atoms with van der Waals surface area (Å²) in [6, 6.07) is 43.0. The Bertz CT molecular complexity index is 4960. The fraction of sp³-hybridized carbons (Fsp3) is 0.157. The molecular weight excluding hydrogens is 1370 g/mol. The van der Waals surface area contributed by atoms with Gasteiger partial charge in [-0.05, 0) is 166 Å². The molecule has 1 atom stereocenters. The van der Waals surface area contributed by atoms with Crippen LogP contribution in [-0.4, -0.2) is 150 Å². The minimum Gasteiger partial charge on any atom is -0.360 e. The number of halogens is 6. The Morgan fingerprint density at radius 3 is 1.85 bits per heavy atom. The summed E-state index contributed by atoms with van der Waals surface area (Å²) in [6.07, 6.45) is 12.3. The smallest absolute Gasteiger partial charge is 0.158 e. The van der Waals surface area contributed by atoms with Crippen LogP contribution >= 0.6 is 69.6 Å². The number of aliphatic imine (C=N–C) groups is 5. The molecule has 0 bridgehead atoms. The molecule has 10 N–H and O–H groups in total. The zero-order chi connectivity index (χ0) is 68.1. The Hall–Kier alpha value is -9.53. The number of nitrogens with one attached hydrogen (secondary N) is 7. The van der Waals surface area contributed by atoms with E-state index in [4.69, 9.17) is 69.6 Å². The number of aromatic amines is 4. The lowest BCUT2D eigenvalue weighted by Gasteiger charge is -2.29. The van der Waals surface area contributed by atoms with Crippen molar-refractivity contribution >= 4 is 138 Å². The second-order valence-electron chi connectivity index (χ2n) is 21.5. The van der Waals surface area contributed by atoms with Gasteiger partial charge in [0.15, 0.2) is 6.17 Å². The van der Waals surface area contributed by atoms with E-state index in [1.165, 1.54) is 5.06 Å². The second-order valence-corrected chi connectivity index (χ2v) is 24.0. The number of anilines is 1. The molecule has 5 aromatic heterocycles. The monoisotopic (exact) mass is 1430 g/mol. The van der Waals surface area contributed by atoms with Gasteiger partial charge in [0.25, 0.3) is 0 Å². The topological polar surface area (TPSA) is 282 Å². The maximum atomic E-state index is 10.5. The fourth-order valence-corrected chi connectivity index (χ4v) is 11.8. The van der Waals surface area contributed by atoms with E-state index in [0.29, 0.717) is 84.9 Å².